The van der Waals surface area contributed by atoms with E-state index < -0.39 is 0 Å². The normalized spacial score (nSPS) is 11.1. The molecule has 0 aliphatic carbocycles. The number of hydrogen-bond acceptors (Lipinski definition) is 3. The summed E-state index contributed by atoms with van der Waals surface area (Å²) in [5, 5.41) is 9.55. The molecule has 0 aromatic carbocycles. The van der Waals surface area contributed by atoms with E-state index in [2.05, 4.69) is 9.97 Å². The number of aryl methyl sites for hydroxylation is 1. The average molecular weight is 226 g/mol. The Balaban J connectivity index is 2.63. The first-order valence-electron chi connectivity index (χ1n) is 4.87. The van der Waals surface area contributed by atoms with Crippen molar-refractivity contribution in [1.29, 1.82) is 0 Å². The molecular weight excluding hydrogens is 214 g/mol. The Labute approximate surface area is 92.5 Å². The van der Waals surface area contributed by atoms with Gasteiger partial charge in [0.1, 0.15) is 11.3 Å². The third-order valence-corrected chi connectivity index (χ3v) is 2.48. The molecule has 2 aromatic rings. The molecule has 0 bridgehead atoms. The van der Waals surface area contributed by atoms with E-state index in [-0.39, 0.29) is 6.61 Å². The second-order valence-electron chi connectivity index (χ2n) is 3.25. The number of pyridine rings is 1. The molecule has 0 fully saturated rings. The molecule has 0 atom stereocenters. The van der Waals surface area contributed by atoms with E-state index in [0.29, 0.717) is 11.6 Å². The highest BCUT2D eigenvalue weighted by Gasteiger charge is 2.09. The van der Waals surface area contributed by atoms with Crippen LogP contribution in [0.1, 0.15) is 12.7 Å². The summed E-state index contributed by atoms with van der Waals surface area (Å²) in [5.41, 5.74) is 1.57. The van der Waals surface area contributed by atoms with E-state index in [1.807, 2.05) is 11.5 Å². The first kappa shape index (κ1) is 10.4. The highest BCUT2D eigenvalue weighted by Crippen LogP contribution is 2.18. The molecule has 4 nitrogen and oxygen atoms in total. The maximum atomic E-state index is 8.97. The van der Waals surface area contributed by atoms with Crippen molar-refractivity contribution in [1.82, 2.24) is 14.5 Å². The molecule has 0 aliphatic rings. The minimum atomic E-state index is 0.0861. The van der Waals surface area contributed by atoms with Gasteiger partial charge in [-0.05, 0) is 6.07 Å². The molecule has 15 heavy (non-hydrogen) atoms. The van der Waals surface area contributed by atoms with Gasteiger partial charge < -0.3 is 9.67 Å². The first-order valence-corrected chi connectivity index (χ1v) is 5.25. The molecule has 0 saturated carbocycles. The van der Waals surface area contributed by atoms with Gasteiger partial charge in [0.2, 0.25) is 0 Å². The van der Waals surface area contributed by atoms with Gasteiger partial charge in [-0.1, -0.05) is 18.5 Å². The van der Waals surface area contributed by atoms with Gasteiger partial charge in [0.05, 0.1) is 11.6 Å². The van der Waals surface area contributed by atoms with Gasteiger partial charge in [-0.3, -0.25) is 0 Å². The zero-order valence-electron chi connectivity index (χ0n) is 8.44. The maximum Gasteiger partial charge on any atom is 0.160 e. The molecule has 1 N–H and O–H groups in total. The van der Waals surface area contributed by atoms with Crippen LogP contribution in [0.2, 0.25) is 5.02 Å². The van der Waals surface area contributed by atoms with Crippen LogP contribution in [-0.2, 0) is 13.0 Å². The van der Waals surface area contributed by atoms with Gasteiger partial charge in [-0.25, -0.2) is 9.97 Å². The van der Waals surface area contributed by atoms with Crippen molar-refractivity contribution in [3.63, 3.8) is 0 Å². The number of rotatable bonds is 3. The lowest BCUT2D eigenvalue weighted by Gasteiger charge is -2.03. The number of imidazole rings is 1. The largest absolute Gasteiger partial charge is 0.395 e. The molecule has 2 rings (SSSR count). The zero-order valence-corrected chi connectivity index (χ0v) is 9.20. The Morgan fingerprint density at radius 1 is 1.53 bits per heavy atom. The third-order valence-electron chi connectivity index (χ3n) is 2.27. The van der Waals surface area contributed by atoms with Gasteiger partial charge in [-0.15, -0.1) is 0 Å². The van der Waals surface area contributed by atoms with Crippen LogP contribution in [0.3, 0.4) is 0 Å². The predicted molar refractivity (Wildman–Crippen MR) is 59.0 cm³/mol. The summed E-state index contributed by atoms with van der Waals surface area (Å²) in [6.07, 6.45) is 2.41. The highest BCUT2D eigenvalue weighted by atomic mass is 35.5. The Morgan fingerprint density at radius 3 is 3.00 bits per heavy atom. The van der Waals surface area contributed by atoms with E-state index in [9.17, 15) is 0 Å². The second-order valence-corrected chi connectivity index (χ2v) is 3.69. The fourth-order valence-electron chi connectivity index (χ4n) is 1.64. The van der Waals surface area contributed by atoms with Crippen molar-refractivity contribution < 1.29 is 5.11 Å². The summed E-state index contributed by atoms with van der Waals surface area (Å²) in [7, 11) is 0. The van der Waals surface area contributed by atoms with Crippen LogP contribution in [0.15, 0.2) is 12.3 Å². The first-order chi connectivity index (χ1) is 7.26. The summed E-state index contributed by atoms with van der Waals surface area (Å²) in [4.78, 5) is 8.64. The molecule has 2 aromatic heterocycles. The number of fused-ring (bicyclic) bond motifs is 1. The molecule has 5 heteroatoms. The topological polar surface area (TPSA) is 50.9 Å². The quantitative estimate of drug-likeness (QED) is 0.864. The summed E-state index contributed by atoms with van der Waals surface area (Å²) in [6, 6.07) is 1.79. The summed E-state index contributed by atoms with van der Waals surface area (Å²) >= 11 is 5.84. The van der Waals surface area contributed by atoms with Crippen molar-refractivity contribution in [2.45, 2.75) is 19.9 Å². The van der Waals surface area contributed by atoms with Crippen LogP contribution >= 0.6 is 11.6 Å². The van der Waals surface area contributed by atoms with Gasteiger partial charge in [0.15, 0.2) is 5.65 Å². The van der Waals surface area contributed by atoms with E-state index >= 15 is 0 Å². The smallest absolute Gasteiger partial charge is 0.160 e. The van der Waals surface area contributed by atoms with E-state index in [1.165, 1.54) is 0 Å². The summed E-state index contributed by atoms with van der Waals surface area (Å²) < 4.78 is 1.92. The fraction of sp³-hybridized carbons (Fsp3) is 0.400. The van der Waals surface area contributed by atoms with Gasteiger partial charge in [0.25, 0.3) is 0 Å². The standard InChI is InChI=1S/C10H12ClN3O/c1-2-9-13-8-5-7(11)6-12-10(8)14(9)3-4-15/h5-6,15H,2-4H2,1H3. The summed E-state index contributed by atoms with van der Waals surface area (Å²) in [5.74, 6) is 0.925. The fourth-order valence-corrected chi connectivity index (χ4v) is 1.79. The minimum Gasteiger partial charge on any atom is -0.395 e. The lowest BCUT2D eigenvalue weighted by molar-refractivity contribution is 0.276. The van der Waals surface area contributed by atoms with Crippen molar-refractivity contribution in [2.24, 2.45) is 0 Å². The van der Waals surface area contributed by atoms with E-state index in [4.69, 9.17) is 16.7 Å². The van der Waals surface area contributed by atoms with Crippen LogP contribution in [0, 0.1) is 0 Å². The Bertz CT molecular complexity index is 481. The number of aliphatic hydroxyl groups excluding tert-OH is 1. The van der Waals surface area contributed by atoms with Crippen molar-refractivity contribution in [3.8, 4) is 0 Å². The zero-order chi connectivity index (χ0) is 10.8. The van der Waals surface area contributed by atoms with Gasteiger partial charge >= 0.3 is 0 Å². The number of halogens is 1. The predicted octanol–water partition coefficient (Wildman–Crippen LogP) is 1.64. The van der Waals surface area contributed by atoms with E-state index in [0.717, 1.165) is 23.4 Å². The molecule has 0 radical (unpaired) electrons. The molecule has 0 unspecified atom stereocenters. The average Bonchev–Trinajstić information content (AvgIpc) is 2.56. The summed E-state index contributed by atoms with van der Waals surface area (Å²) in [6.45, 7) is 2.63. The molecule has 0 amide bonds. The molecule has 0 aliphatic heterocycles. The Morgan fingerprint density at radius 2 is 2.33 bits per heavy atom. The number of nitrogens with zero attached hydrogens (tertiary/aromatic N) is 3. The van der Waals surface area contributed by atoms with Gasteiger partial charge in [-0.2, -0.15) is 0 Å². The minimum absolute atomic E-state index is 0.0861. The Kier molecular flexibility index (Phi) is 2.88. The SMILES string of the molecule is CCc1nc2cc(Cl)cnc2n1CCO. The molecule has 2 heterocycles. The number of hydrogen-bond donors (Lipinski definition) is 1. The highest BCUT2D eigenvalue weighted by molar-refractivity contribution is 6.31. The van der Waals surface area contributed by atoms with Gasteiger partial charge in [0, 0.05) is 19.2 Å². The van der Waals surface area contributed by atoms with Crippen LogP contribution in [-0.4, -0.2) is 26.2 Å². The molecule has 80 valence electrons. The Hall–Kier alpha value is -1.13. The van der Waals surface area contributed by atoms with Crippen molar-refractivity contribution >= 4 is 22.8 Å². The lowest BCUT2D eigenvalue weighted by atomic mass is 10.4. The van der Waals surface area contributed by atoms with Crippen LogP contribution in [0.4, 0.5) is 0 Å². The van der Waals surface area contributed by atoms with Crippen LogP contribution in [0.25, 0.3) is 11.2 Å². The second kappa shape index (κ2) is 4.16. The molecule has 0 spiro atoms. The lowest BCUT2D eigenvalue weighted by Crippen LogP contribution is -2.06. The monoisotopic (exact) mass is 225 g/mol. The van der Waals surface area contributed by atoms with E-state index in [1.54, 1.807) is 12.3 Å². The van der Waals surface area contributed by atoms with Crippen LogP contribution in [0.5, 0.6) is 0 Å². The molecular formula is C10H12ClN3O. The maximum absolute atomic E-state index is 8.97. The van der Waals surface area contributed by atoms with Crippen LogP contribution < -0.4 is 0 Å². The van der Waals surface area contributed by atoms with Crippen molar-refractivity contribution in [2.75, 3.05) is 6.61 Å². The number of aliphatic hydroxyl groups is 1. The van der Waals surface area contributed by atoms with Crippen molar-refractivity contribution in [3.05, 3.63) is 23.1 Å². The number of aromatic nitrogens is 3. The molecule has 0 saturated heterocycles. The third kappa shape index (κ3) is 1.82.